The van der Waals surface area contributed by atoms with Gasteiger partial charge in [0, 0.05) is 6.04 Å². The predicted octanol–water partition coefficient (Wildman–Crippen LogP) is 3.39. The van der Waals surface area contributed by atoms with Crippen LogP contribution in [0.25, 0.3) is 0 Å². The molecule has 21 heavy (non-hydrogen) atoms. The van der Waals surface area contributed by atoms with Crippen LogP contribution in [0.5, 0.6) is 5.75 Å². The summed E-state index contributed by atoms with van der Waals surface area (Å²) in [6.45, 7) is 3.00. The van der Waals surface area contributed by atoms with E-state index in [-0.39, 0.29) is 6.79 Å². The second-order valence-corrected chi connectivity index (χ2v) is 5.13. The van der Waals surface area contributed by atoms with Crippen LogP contribution < -0.4 is 10.1 Å². The molecule has 0 aromatic heterocycles. The van der Waals surface area contributed by atoms with E-state index < -0.39 is 0 Å². The Hall–Kier alpha value is -1.84. The minimum atomic E-state index is 0.265. The Morgan fingerprint density at radius 3 is 2.33 bits per heavy atom. The molecular formula is C18H23NO2. The maximum Gasteiger partial charge on any atom is 0.189 e. The molecule has 1 atom stereocenters. The normalized spacial score (nSPS) is 12.1. The van der Waals surface area contributed by atoms with Crippen LogP contribution in [0.1, 0.15) is 18.1 Å². The fourth-order valence-corrected chi connectivity index (χ4v) is 2.02. The molecular weight excluding hydrogens is 262 g/mol. The molecule has 1 unspecified atom stereocenters. The Kier molecular flexibility index (Phi) is 6.25. The Balaban J connectivity index is 1.71. The molecule has 2 aromatic rings. The number of ether oxygens (including phenoxy) is 2. The molecule has 3 heteroatoms. The summed E-state index contributed by atoms with van der Waals surface area (Å²) in [6, 6.07) is 18.7. The molecule has 0 aliphatic carbocycles. The fraction of sp³-hybridized carbons (Fsp3) is 0.333. The van der Waals surface area contributed by atoms with Crippen LogP contribution in [-0.2, 0) is 17.8 Å². The van der Waals surface area contributed by atoms with Crippen LogP contribution in [0.3, 0.4) is 0 Å². The van der Waals surface area contributed by atoms with Crippen molar-refractivity contribution < 1.29 is 9.47 Å². The highest BCUT2D eigenvalue weighted by Crippen LogP contribution is 2.13. The average Bonchev–Trinajstić information content (AvgIpc) is 2.54. The lowest BCUT2D eigenvalue weighted by atomic mass is 10.1. The molecule has 0 radical (unpaired) electrons. The highest BCUT2D eigenvalue weighted by Gasteiger charge is 2.01. The lowest BCUT2D eigenvalue weighted by Gasteiger charge is -2.11. The van der Waals surface area contributed by atoms with Crippen LogP contribution in [-0.4, -0.2) is 19.9 Å². The van der Waals surface area contributed by atoms with Gasteiger partial charge in [0.25, 0.3) is 0 Å². The van der Waals surface area contributed by atoms with Gasteiger partial charge in [-0.1, -0.05) is 42.5 Å². The van der Waals surface area contributed by atoms with Gasteiger partial charge in [-0.2, -0.15) is 0 Å². The first-order valence-electron chi connectivity index (χ1n) is 7.28. The summed E-state index contributed by atoms with van der Waals surface area (Å²) in [5.74, 6) is 0.837. The SMILES string of the molecule is CNC(C)Cc1ccc(OCOCc2ccccc2)cc1. The summed E-state index contributed by atoms with van der Waals surface area (Å²) in [6.07, 6.45) is 1.02. The van der Waals surface area contributed by atoms with Gasteiger partial charge in [-0.15, -0.1) is 0 Å². The van der Waals surface area contributed by atoms with Crippen LogP contribution in [0.2, 0.25) is 0 Å². The van der Waals surface area contributed by atoms with E-state index in [1.807, 2.05) is 49.5 Å². The Labute approximate surface area is 126 Å². The van der Waals surface area contributed by atoms with E-state index in [0.717, 1.165) is 17.7 Å². The second kappa shape index (κ2) is 8.45. The first-order valence-corrected chi connectivity index (χ1v) is 7.28. The third kappa shape index (κ3) is 5.58. The average molecular weight is 285 g/mol. The molecule has 0 amide bonds. The molecule has 2 aromatic carbocycles. The van der Waals surface area contributed by atoms with E-state index in [9.17, 15) is 0 Å². The standard InChI is InChI=1S/C18H23NO2/c1-15(19-2)12-16-8-10-18(11-9-16)21-14-20-13-17-6-4-3-5-7-17/h3-11,15,19H,12-14H2,1-2H3. The zero-order chi connectivity index (χ0) is 14.9. The van der Waals surface area contributed by atoms with E-state index in [4.69, 9.17) is 9.47 Å². The Morgan fingerprint density at radius 2 is 1.67 bits per heavy atom. The Morgan fingerprint density at radius 1 is 0.952 bits per heavy atom. The second-order valence-electron chi connectivity index (χ2n) is 5.13. The van der Waals surface area contributed by atoms with Gasteiger partial charge in [-0.3, -0.25) is 0 Å². The van der Waals surface area contributed by atoms with Gasteiger partial charge < -0.3 is 14.8 Å². The molecule has 0 aliphatic rings. The zero-order valence-electron chi connectivity index (χ0n) is 12.7. The van der Waals surface area contributed by atoms with Crippen molar-refractivity contribution in [2.75, 3.05) is 13.8 Å². The van der Waals surface area contributed by atoms with Crippen molar-refractivity contribution in [3.05, 3.63) is 65.7 Å². The largest absolute Gasteiger partial charge is 0.468 e. The number of hydrogen-bond acceptors (Lipinski definition) is 3. The van der Waals surface area contributed by atoms with Gasteiger partial charge in [0.05, 0.1) is 6.61 Å². The minimum Gasteiger partial charge on any atom is -0.468 e. The third-order valence-electron chi connectivity index (χ3n) is 3.38. The molecule has 0 heterocycles. The van der Waals surface area contributed by atoms with Gasteiger partial charge in [-0.25, -0.2) is 0 Å². The van der Waals surface area contributed by atoms with Gasteiger partial charge >= 0.3 is 0 Å². The van der Waals surface area contributed by atoms with Gasteiger partial charge in [0.15, 0.2) is 6.79 Å². The first-order chi connectivity index (χ1) is 10.3. The van der Waals surface area contributed by atoms with Crippen molar-refractivity contribution in [3.8, 4) is 5.75 Å². The number of rotatable bonds is 8. The maximum atomic E-state index is 5.58. The topological polar surface area (TPSA) is 30.5 Å². The summed E-state index contributed by atoms with van der Waals surface area (Å²) >= 11 is 0. The molecule has 0 saturated heterocycles. The predicted molar refractivity (Wildman–Crippen MR) is 85.4 cm³/mol. The highest BCUT2D eigenvalue weighted by atomic mass is 16.7. The van der Waals surface area contributed by atoms with Crippen molar-refractivity contribution in [2.45, 2.75) is 26.0 Å². The fourth-order valence-electron chi connectivity index (χ4n) is 2.02. The number of hydrogen-bond donors (Lipinski definition) is 1. The van der Waals surface area contributed by atoms with Crippen LogP contribution in [0.15, 0.2) is 54.6 Å². The summed E-state index contributed by atoms with van der Waals surface area (Å²) in [5, 5.41) is 3.23. The molecule has 0 aliphatic heterocycles. The van der Waals surface area contributed by atoms with Crippen LogP contribution in [0.4, 0.5) is 0 Å². The molecule has 0 spiro atoms. The summed E-state index contributed by atoms with van der Waals surface area (Å²) in [4.78, 5) is 0. The lowest BCUT2D eigenvalue weighted by Crippen LogP contribution is -2.23. The number of benzene rings is 2. The smallest absolute Gasteiger partial charge is 0.189 e. The van der Waals surface area contributed by atoms with E-state index in [1.54, 1.807) is 0 Å². The summed E-state index contributed by atoms with van der Waals surface area (Å²) in [7, 11) is 1.98. The molecule has 0 saturated carbocycles. The lowest BCUT2D eigenvalue weighted by molar-refractivity contribution is 0.00504. The van der Waals surface area contributed by atoms with Gasteiger partial charge in [0.2, 0.25) is 0 Å². The van der Waals surface area contributed by atoms with Gasteiger partial charge in [-0.05, 0) is 43.7 Å². The highest BCUT2D eigenvalue weighted by molar-refractivity contribution is 5.27. The number of likely N-dealkylation sites (N-methyl/N-ethyl adjacent to an activating group) is 1. The number of nitrogens with one attached hydrogen (secondary N) is 1. The Bertz CT molecular complexity index is 511. The van der Waals surface area contributed by atoms with Crippen molar-refractivity contribution in [1.82, 2.24) is 5.32 Å². The van der Waals surface area contributed by atoms with Crippen molar-refractivity contribution in [3.63, 3.8) is 0 Å². The molecule has 0 fully saturated rings. The minimum absolute atomic E-state index is 0.265. The van der Waals surface area contributed by atoms with Crippen LogP contribution in [0, 0.1) is 0 Å². The summed E-state index contributed by atoms with van der Waals surface area (Å²) < 4.78 is 11.1. The zero-order valence-corrected chi connectivity index (χ0v) is 12.7. The van der Waals surface area contributed by atoms with Crippen LogP contribution >= 0.6 is 0 Å². The van der Waals surface area contributed by atoms with Crippen molar-refractivity contribution in [2.24, 2.45) is 0 Å². The summed E-state index contributed by atoms with van der Waals surface area (Å²) in [5.41, 5.74) is 2.45. The van der Waals surface area contributed by atoms with E-state index in [2.05, 4.69) is 24.4 Å². The quantitative estimate of drug-likeness (QED) is 0.596. The first kappa shape index (κ1) is 15.5. The van der Waals surface area contributed by atoms with Crippen molar-refractivity contribution in [1.29, 1.82) is 0 Å². The monoisotopic (exact) mass is 285 g/mol. The van der Waals surface area contributed by atoms with Crippen molar-refractivity contribution >= 4 is 0 Å². The molecule has 3 nitrogen and oxygen atoms in total. The molecule has 2 rings (SSSR count). The third-order valence-corrected chi connectivity index (χ3v) is 3.38. The van der Waals surface area contributed by atoms with E-state index in [1.165, 1.54) is 5.56 Å². The maximum absolute atomic E-state index is 5.58. The van der Waals surface area contributed by atoms with E-state index in [0.29, 0.717) is 12.6 Å². The van der Waals surface area contributed by atoms with E-state index >= 15 is 0 Å². The molecule has 1 N–H and O–H groups in total. The molecule has 0 bridgehead atoms. The molecule has 112 valence electrons. The van der Waals surface area contributed by atoms with Gasteiger partial charge in [0.1, 0.15) is 5.75 Å².